The highest BCUT2D eigenvalue weighted by Crippen LogP contribution is 2.23. The minimum absolute atomic E-state index is 0.00965. The Morgan fingerprint density at radius 3 is 2.26 bits per heavy atom. The molecule has 1 heterocycles. The number of hydrogen-bond acceptors (Lipinski definition) is 9. The molecule has 15 heteroatoms. The maximum atomic E-state index is 13.3. The predicted molar refractivity (Wildman–Crippen MR) is 149 cm³/mol. The van der Waals surface area contributed by atoms with Gasteiger partial charge in [-0.15, -0.1) is 23.4 Å². The number of anilines is 1. The van der Waals surface area contributed by atoms with Gasteiger partial charge >= 0.3 is 6.36 Å². The van der Waals surface area contributed by atoms with Crippen LogP contribution in [0.15, 0.2) is 54.6 Å². The maximum Gasteiger partial charge on any atom is 0.573 e. The average molecular weight is 591 g/mol. The van der Waals surface area contributed by atoms with E-state index in [1.165, 1.54) is 17.0 Å². The second-order valence-corrected chi connectivity index (χ2v) is 9.34. The fourth-order valence-corrected chi connectivity index (χ4v) is 4.05. The van der Waals surface area contributed by atoms with Crippen LogP contribution < -0.4 is 32.6 Å². The number of halogens is 3. The van der Waals surface area contributed by atoms with Gasteiger partial charge in [0.25, 0.3) is 0 Å². The molecule has 42 heavy (non-hydrogen) atoms. The molecule has 3 amide bonds. The molecule has 0 radical (unpaired) electrons. The summed E-state index contributed by atoms with van der Waals surface area (Å²) in [7, 11) is 0. The lowest BCUT2D eigenvalue weighted by atomic mass is 10.0. The van der Waals surface area contributed by atoms with Gasteiger partial charge in [0.05, 0.1) is 11.6 Å². The first kappa shape index (κ1) is 32.2. The third-order valence-corrected chi connectivity index (χ3v) is 6.13. The Bertz CT molecular complexity index is 1350. The lowest BCUT2D eigenvalue weighted by Gasteiger charge is -2.23. The molecule has 2 atom stereocenters. The topological polar surface area (TPSA) is 192 Å². The largest absolute Gasteiger partial charge is 0.573 e. The quantitative estimate of drug-likeness (QED) is 0.183. The summed E-state index contributed by atoms with van der Waals surface area (Å²) in [5.41, 5.74) is 18.2. The number of alkyl halides is 3. The number of hydrogen-bond donors (Lipinski definition) is 5. The van der Waals surface area contributed by atoms with E-state index < -0.39 is 36.0 Å². The smallest absolute Gasteiger partial charge is 0.406 e. The highest BCUT2D eigenvalue weighted by molar-refractivity contribution is 5.98. The molecule has 0 fully saturated rings. The van der Waals surface area contributed by atoms with E-state index in [4.69, 9.17) is 17.2 Å². The Morgan fingerprint density at radius 2 is 1.62 bits per heavy atom. The van der Waals surface area contributed by atoms with Crippen molar-refractivity contribution in [2.24, 2.45) is 17.2 Å². The zero-order chi connectivity index (χ0) is 30.7. The molecule has 0 spiro atoms. The monoisotopic (exact) mass is 590 g/mol. The standard InChI is InChI=1S/C27H33F3N8O4/c28-27(29,30)42-19-7-5-17(6-8-19)15-22(26(41)35-23-16-18-3-1-2-4-21(18)36-37-23)34-25(40)20(33)9-10-24(39)38(13-11-31)14-12-32/h1-8,16,20,22H,9-15,31-33H2,(H,34,40)(H,35,37,41)/t20-,22+/m0/s1. The summed E-state index contributed by atoms with van der Waals surface area (Å²) in [6.07, 6.45) is -5.01. The molecular formula is C27H33F3N8O4. The van der Waals surface area contributed by atoms with Crippen molar-refractivity contribution < 1.29 is 32.3 Å². The van der Waals surface area contributed by atoms with Crippen LogP contribution in [0.25, 0.3) is 10.9 Å². The molecule has 0 aliphatic heterocycles. The number of carbonyl (C=O) groups excluding carboxylic acids is 3. The van der Waals surface area contributed by atoms with Gasteiger partial charge < -0.3 is 37.5 Å². The summed E-state index contributed by atoms with van der Waals surface area (Å²) in [6.45, 7) is 1.12. The van der Waals surface area contributed by atoms with E-state index in [1.54, 1.807) is 30.3 Å². The van der Waals surface area contributed by atoms with Crippen LogP contribution in [0.5, 0.6) is 5.75 Å². The minimum atomic E-state index is -4.86. The number of benzene rings is 2. The Morgan fingerprint density at radius 1 is 0.952 bits per heavy atom. The van der Waals surface area contributed by atoms with Crippen LogP contribution in [0.4, 0.5) is 19.0 Å². The fourth-order valence-electron chi connectivity index (χ4n) is 4.05. The number of ether oxygens (including phenoxy) is 1. The molecule has 0 saturated carbocycles. The number of nitrogens with zero attached hydrogens (tertiary/aromatic N) is 3. The van der Waals surface area contributed by atoms with Gasteiger partial charge in [-0.3, -0.25) is 14.4 Å². The van der Waals surface area contributed by atoms with Gasteiger partial charge in [-0.05, 0) is 36.2 Å². The first-order chi connectivity index (χ1) is 20.0. The summed E-state index contributed by atoms with van der Waals surface area (Å²) in [4.78, 5) is 40.2. The van der Waals surface area contributed by atoms with Crippen LogP contribution in [0.1, 0.15) is 18.4 Å². The van der Waals surface area contributed by atoms with Crippen LogP contribution in [0.3, 0.4) is 0 Å². The lowest BCUT2D eigenvalue weighted by Crippen LogP contribution is -2.51. The molecule has 3 rings (SSSR count). The molecule has 0 unspecified atom stereocenters. The van der Waals surface area contributed by atoms with Gasteiger partial charge in [-0.1, -0.05) is 30.3 Å². The summed E-state index contributed by atoms with van der Waals surface area (Å²) in [6, 6.07) is 11.3. The second-order valence-electron chi connectivity index (χ2n) is 9.34. The van der Waals surface area contributed by atoms with E-state index in [1.807, 2.05) is 0 Å². The number of amides is 3. The first-order valence-electron chi connectivity index (χ1n) is 13.1. The molecular weight excluding hydrogens is 557 g/mol. The minimum Gasteiger partial charge on any atom is -0.406 e. The zero-order valence-corrected chi connectivity index (χ0v) is 22.6. The lowest BCUT2D eigenvalue weighted by molar-refractivity contribution is -0.274. The highest BCUT2D eigenvalue weighted by Gasteiger charge is 2.31. The number of rotatable bonds is 14. The van der Waals surface area contributed by atoms with E-state index in [9.17, 15) is 27.6 Å². The maximum absolute atomic E-state index is 13.3. The third kappa shape index (κ3) is 9.94. The Labute approximate surface area is 239 Å². The number of aromatic nitrogens is 2. The summed E-state index contributed by atoms with van der Waals surface area (Å²) < 4.78 is 41.5. The molecule has 8 N–H and O–H groups in total. The van der Waals surface area contributed by atoms with Gasteiger partial charge in [0.1, 0.15) is 11.8 Å². The van der Waals surface area contributed by atoms with Crippen molar-refractivity contribution in [1.82, 2.24) is 20.4 Å². The SMILES string of the molecule is NCCN(CCN)C(=O)CC[C@H](N)C(=O)N[C@H](Cc1ccc(OC(F)(F)F)cc1)C(=O)Nc1cc2ccccc2nn1. The summed E-state index contributed by atoms with van der Waals surface area (Å²) in [5.74, 6) is -1.94. The Hall–Kier alpha value is -4.34. The molecule has 1 aromatic heterocycles. The third-order valence-electron chi connectivity index (χ3n) is 6.13. The van der Waals surface area contributed by atoms with Crippen LogP contribution >= 0.6 is 0 Å². The van der Waals surface area contributed by atoms with Crippen LogP contribution in [0, 0.1) is 0 Å². The predicted octanol–water partition coefficient (Wildman–Crippen LogP) is 1.05. The van der Waals surface area contributed by atoms with Gasteiger partial charge in [0, 0.05) is 44.4 Å². The molecule has 226 valence electrons. The normalized spacial score (nSPS) is 12.8. The van der Waals surface area contributed by atoms with Crippen LogP contribution in [-0.4, -0.2) is 77.4 Å². The Kier molecular flexibility index (Phi) is 11.5. The number of carbonyl (C=O) groups is 3. The van der Waals surface area contributed by atoms with Gasteiger partial charge in [0.2, 0.25) is 17.7 Å². The second kappa shape index (κ2) is 15.0. The Balaban J connectivity index is 1.72. The van der Waals surface area contributed by atoms with E-state index in [0.29, 0.717) is 29.6 Å². The van der Waals surface area contributed by atoms with Crippen molar-refractivity contribution in [3.05, 3.63) is 60.2 Å². The molecule has 0 saturated heterocycles. The van der Waals surface area contributed by atoms with E-state index in [-0.39, 0.29) is 44.1 Å². The van der Waals surface area contributed by atoms with Crippen molar-refractivity contribution in [3.63, 3.8) is 0 Å². The zero-order valence-electron chi connectivity index (χ0n) is 22.6. The van der Waals surface area contributed by atoms with Crippen LogP contribution in [0.2, 0.25) is 0 Å². The summed E-state index contributed by atoms with van der Waals surface area (Å²) >= 11 is 0. The summed E-state index contributed by atoms with van der Waals surface area (Å²) in [5, 5.41) is 13.9. The molecule has 2 aromatic carbocycles. The van der Waals surface area contributed by atoms with E-state index in [2.05, 4.69) is 25.6 Å². The van der Waals surface area contributed by atoms with Gasteiger partial charge in [-0.2, -0.15) is 0 Å². The van der Waals surface area contributed by atoms with Gasteiger partial charge in [0.15, 0.2) is 5.82 Å². The molecule has 3 aromatic rings. The number of nitrogens with two attached hydrogens (primary N) is 3. The fraction of sp³-hybridized carbons (Fsp3) is 0.370. The first-order valence-corrected chi connectivity index (χ1v) is 13.1. The average Bonchev–Trinajstić information content (AvgIpc) is 2.95. The number of fused-ring (bicyclic) bond motifs is 1. The molecule has 12 nitrogen and oxygen atoms in total. The molecule has 0 aliphatic rings. The van der Waals surface area contributed by atoms with Crippen molar-refractivity contribution in [2.75, 3.05) is 31.5 Å². The highest BCUT2D eigenvalue weighted by atomic mass is 19.4. The van der Waals surface area contributed by atoms with E-state index in [0.717, 1.165) is 12.1 Å². The van der Waals surface area contributed by atoms with Gasteiger partial charge in [-0.25, -0.2) is 0 Å². The molecule has 0 bridgehead atoms. The van der Waals surface area contributed by atoms with Crippen LogP contribution in [-0.2, 0) is 20.8 Å². The van der Waals surface area contributed by atoms with Crippen molar-refractivity contribution in [2.45, 2.75) is 37.7 Å². The van der Waals surface area contributed by atoms with E-state index >= 15 is 0 Å². The van der Waals surface area contributed by atoms with Crippen molar-refractivity contribution in [1.29, 1.82) is 0 Å². The number of nitrogens with one attached hydrogen (secondary N) is 2. The van der Waals surface area contributed by atoms with Crippen molar-refractivity contribution in [3.8, 4) is 5.75 Å². The molecule has 0 aliphatic carbocycles. The van der Waals surface area contributed by atoms with Crippen molar-refractivity contribution >= 4 is 34.4 Å².